The Balaban J connectivity index is 0.000000300. The SMILES string of the molecule is CCN(CC)C(=O)c1ccc(C=O)cc1.CCN(CC)C(=O)c1ccc(C=O)cc1. The molecular formula is C24H30N2O4. The van der Waals surface area contributed by atoms with E-state index in [2.05, 4.69) is 0 Å². The highest BCUT2D eigenvalue weighted by molar-refractivity contribution is 5.95. The van der Waals surface area contributed by atoms with Crippen LogP contribution in [-0.2, 0) is 0 Å². The maximum atomic E-state index is 11.8. The molecule has 0 fully saturated rings. The summed E-state index contributed by atoms with van der Waals surface area (Å²) in [4.78, 5) is 48.1. The van der Waals surface area contributed by atoms with Gasteiger partial charge in [0.2, 0.25) is 0 Å². The molecule has 0 atom stereocenters. The van der Waals surface area contributed by atoms with Crippen molar-refractivity contribution in [2.45, 2.75) is 27.7 Å². The molecule has 0 unspecified atom stereocenters. The number of carbonyl (C=O) groups is 4. The van der Waals surface area contributed by atoms with E-state index in [0.29, 0.717) is 48.4 Å². The topological polar surface area (TPSA) is 74.8 Å². The van der Waals surface area contributed by atoms with Crippen LogP contribution in [0.3, 0.4) is 0 Å². The molecule has 160 valence electrons. The van der Waals surface area contributed by atoms with Gasteiger partial charge < -0.3 is 9.80 Å². The minimum atomic E-state index is 0.0115. The smallest absolute Gasteiger partial charge is 0.253 e. The van der Waals surface area contributed by atoms with Crippen molar-refractivity contribution in [2.75, 3.05) is 26.2 Å². The summed E-state index contributed by atoms with van der Waals surface area (Å²) in [7, 11) is 0. The first-order valence-electron chi connectivity index (χ1n) is 10.1. The second kappa shape index (κ2) is 13.0. The highest BCUT2D eigenvalue weighted by atomic mass is 16.2. The minimum Gasteiger partial charge on any atom is -0.339 e. The van der Waals surface area contributed by atoms with E-state index in [1.807, 2.05) is 27.7 Å². The number of aldehydes is 2. The van der Waals surface area contributed by atoms with Gasteiger partial charge in [0.25, 0.3) is 11.8 Å². The Morgan fingerprint density at radius 1 is 0.600 bits per heavy atom. The molecule has 0 heterocycles. The van der Waals surface area contributed by atoms with Crippen molar-refractivity contribution in [1.29, 1.82) is 0 Å². The first-order valence-corrected chi connectivity index (χ1v) is 10.1. The number of nitrogens with zero attached hydrogens (tertiary/aromatic N) is 2. The van der Waals surface area contributed by atoms with Crippen LogP contribution < -0.4 is 0 Å². The lowest BCUT2D eigenvalue weighted by Gasteiger charge is -2.18. The average molecular weight is 411 g/mol. The van der Waals surface area contributed by atoms with Crippen molar-refractivity contribution in [3.05, 3.63) is 70.8 Å². The molecule has 0 aliphatic carbocycles. The van der Waals surface area contributed by atoms with Crippen LogP contribution in [0.15, 0.2) is 48.5 Å². The molecule has 0 N–H and O–H groups in total. The van der Waals surface area contributed by atoms with Crippen LogP contribution in [0.2, 0.25) is 0 Å². The van der Waals surface area contributed by atoms with Crippen LogP contribution in [0, 0.1) is 0 Å². The van der Waals surface area contributed by atoms with Crippen molar-refractivity contribution in [3.63, 3.8) is 0 Å². The summed E-state index contributed by atoms with van der Waals surface area (Å²) in [6.07, 6.45) is 1.54. The predicted molar refractivity (Wildman–Crippen MR) is 118 cm³/mol. The standard InChI is InChI=1S/2C12H15NO2/c2*1-3-13(4-2)12(15)11-7-5-10(9-14)6-8-11/h2*5-9H,3-4H2,1-2H3. The lowest BCUT2D eigenvalue weighted by Crippen LogP contribution is -2.30. The van der Waals surface area contributed by atoms with Gasteiger partial charge >= 0.3 is 0 Å². The van der Waals surface area contributed by atoms with E-state index in [1.165, 1.54) is 0 Å². The maximum absolute atomic E-state index is 11.8. The Hall–Kier alpha value is -3.28. The van der Waals surface area contributed by atoms with Crippen LogP contribution >= 0.6 is 0 Å². The number of benzene rings is 2. The van der Waals surface area contributed by atoms with Crippen molar-refractivity contribution in [1.82, 2.24) is 9.80 Å². The van der Waals surface area contributed by atoms with E-state index in [0.717, 1.165) is 12.6 Å². The molecule has 0 bridgehead atoms. The number of rotatable bonds is 8. The summed E-state index contributed by atoms with van der Waals surface area (Å²) >= 11 is 0. The molecule has 0 saturated carbocycles. The van der Waals surface area contributed by atoms with E-state index in [1.54, 1.807) is 58.3 Å². The van der Waals surface area contributed by atoms with Crippen molar-refractivity contribution < 1.29 is 19.2 Å². The van der Waals surface area contributed by atoms with Gasteiger partial charge in [-0.25, -0.2) is 0 Å². The van der Waals surface area contributed by atoms with Gasteiger partial charge in [-0.15, -0.1) is 0 Å². The molecule has 6 heteroatoms. The summed E-state index contributed by atoms with van der Waals surface area (Å²) in [5, 5.41) is 0. The molecule has 6 nitrogen and oxygen atoms in total. The molecule has 2 aromatic rings. The van der Waals surface area contributed by atoms with Gasteiger partial charge in [0.05, 0.1) is 0 Å². The predicted octanol–water partition coefficient (Wildman–Crippen LogP) is 3.96. The van der Waals surface area contributed by atoms with Gasteiger partial charge in [-0.2, -0.15) is 0 Å². The zero-order valence-corrected chi connectivity index (χ0v) is 18.1. The molecular weight excluding hydrogens is 380 g/mol. The van der Waals surface area contributed by atoms with Crippen LogP contribution in [0.1, 0.15) is 69.1 Å². The van der Waals surface area contributed by atoms with E-state index < -0.39 is 0 Å². The van der Waals surface area contributed by atoms with Crippen LogP contribution in [0.4, 0.5) is 0 Å². The van der Waals surface area contributed by atoms with E-state index >= 15 is 0 Å². The molecule has 0 aliphatic heterocycles. The number of carbonyl (C=O) groups excluding carboxylic acids is 4. The largest absolute Gasteiger partial charge is 0.339 e. The van der Waals surface area contributed by atoms with Crippen molar-refractivity contribution >= 4 is 24.4 Å². The third-order valence-electron chi connectivity index (χ3n) is 4.69. The summed E-state index contributed by atoms with van der Waals surface area (Å²) < 4.78 is 0. The highest BCUT2D eigenvalue weighted by Gasteiger charge is 2.12. The van der Waals surface area contributed by atoms with Crippen molar-refractivity contribution in [2.24, 2.45) is 0 Å². The zero-order valence-electron chi connectivity index (χ0n) is 18.1. The van der Waals surface area contributed by atoms with Gasteiger partial charge in [0.1, 0.15) is 12.6 Å². The summed E-state index contributed by atoms with van der Waals surface area (Å²) in [6, 6.07) is 13.4. The monoisotopic (exact) mass is 410 g/mol. The summed E-state index contributed by atoms with van der Waals surface area (Å²) in [5.74, 6) is 0.0231. The minimum absolute atomic E-state index is 0.0115. The average Bonchev–Trinajstić information content (AvgIpc) is 2.81. The van der Waals surface area contributed by atoms with Gasteiger partial charge in [-0.3, -0.25) is 19.2 Å². The van der Waals surface area contributed by atoms with Crippen LogP contribution in [0.5, 0.6) is 0 Å². The quantitative estimate of drug-likeness (QED) is 0.617. The number of hydrogen-bond donors (Lipinski definition) is 0. The van der Waals surface area contributed by atoms with E-state index in [9.17, 15) is 19.2 Å². The second-order valence-corrected chi connectivity index (χ2v) is 6.43. The first kappa shape index (κ1) is 24.8. The Morgan fingerprint density at radius 3 is 1.07 bits per heavy atom. The Morgan fingerprint density at radius 2 is 0.867 bits per heavy atom. The molecule has 0 saturated heterocycles. The highest BCUT2D eigenvalue weighted by Crippen LogP contribution is 2.07. The van der Waals surface area contributed by atoms with E-state index in [4.69, 9.17) is 0 Å². The maximum Gasteiger partial charge on any atom is 0.253 e. The zero-order chi connectivity index (χ0) is 22.5. The lowest BCUT2D eigenvalue weighted by atomic mass is 10.1. The lowest BCUT2D eigenvalue weighted by molar-refractivity contribution is 0.0765. The third kappa shape index (κ3) is 6.95. The fourth-order valence-corrected chi connectivity index (χ4v) is 2.80. The van der Waals surface area contributed by atoms with Gasteiger partial charge in [0.15, 0.2) is 0 Å². The molecule has 0 aromatic heterocycles. The fourth-order valence-electron chi connectivity index (χ4n) is 2.80. The molecule has 0 spiro atoms. The Labute approximate surface area is 178 Å². The molecule has 0 aliphatic rings. The van der Waals surface area contributed by atoms with Crippen LogP contribution in [0.25, 0.3) is 0 Å². The number of hydrogen-bond acceptors (Lipinski definition) is 4. The second-order valence-electron chi connectivity index (χ2n) is 6.43. The Bertz CT molecular complexity index is 750. The molecule has 0 radical (unpaired) electrons. The first-order chi connectivity index (χ1) is 14.4. The summed E-state index contributed by atoms with van der Waals surface area (Å²) in [5.41, 5.74) is 2.44. The van der Waals surface area contributed by atoms with Gasteiger partial charge in [-0.1, -0.05) is 24.3 Å². The summed E-state index contributed by atoms with van der Waals surface area (Å²) in [6.45, 7) is 10.6. The Kier molecular flexibility index (Phi) is 10.8. The van der Waals surface area contributed by atoms with Crippen LogP contribution in [-0.4, -0.2) is 60.4 Å². The third-order valence-corrected chi connectivity index (χ3v) is 4.69. The number of amides is 2. The molecule has 2 rings (SSSR count). The fraction of sp³-hybridized carbons (Fsp3) is 0.333. The van der Waals surface area contributed by atoms with Gasteiger partial charge in [0, 0.05) is 48.4 Å². The van der Waals surface area contributed by atoms with Gasteiger partial charge in [-0.05, 0) is 52.0 Å². The molecule has 2 amide bonds. The van der Waals surface area contributed by atoms with Crippen molar-refractivity contribution in [3.8, 4) is 0 Å². The normalized spacial score (nSPS) is 9.73. The molecule has 2 aromatic carbocycles. The van der Waals surface area contributed by atoms with E-state index in [-0.39, 0.29) is 11.8 Å². The molecule has 30 heavy (non-hydrogen) atoms.